The number of carbonyl (C=O) groups is 1. The summed E-state index contributed by atoms with van der Waals surface area (Å²) in [5.41, 5.74) is 2.10. The monoisotopic (exact) mass is 324 g/mol. The van der Waals surface area contributed by atoms with Crippen molar-refractivity contribution in [3.63, 3.8) is 0 Å². The summed E-state index contributed by atoms with van der Waals surface area (Å²) in [6, 6.07) is 9.14. The number of thiophene rings is 1. The first-order valence-electron chi connectivity index (χ1n) is 6.25. The van der Waals surface area contributed by atoms with E-state index in [2.05, 4.69) is 5.32 Å². The Morgan fingerprint density at radius 1 is 1.43 bits per heavy atom. The Balaban J connectivity index is 1.95. The number of aryl methyl sites for hydroxylation is 1. The molecule has 0 aliphatic carbocycles. The summed E-state index contributed by atoms with van der Waals surface area (Å²) in [6.07, 6.45) is 0.708. The van der Waals surface area contributed by atoms with Gasteiger partial charge in [0.15, 0.2) is 4.34 Å². The number of hydrogen-bond donors (Lipinski definition) is 1. The first-order valence-corrected chi connectivity index (χ1v) is 7.45. The van der Waals surface area contributed by atoms with Crippen LogP contribution in [0.3, 0.4) is 0 Å². The van der Waals surface area contributed by atoms with Crippen LogP contribution in [0.25, 0.3) is 0 Å². The van der Waals surface area contributed by atoms with Crippen molar-refractivity contribution in [2.45, 2.75) is 13.3 Å². The zero-order valence-electron chi connectivity index (χ0n) is 11.3. The number of nitro groups is 1. The van der Waals surface area contributed by atoms with Crippen molar-refractivity contribution in [3.8, 4) is 0 Å². The van der Waals surface area contributed by atoms with Crippen LogP contribution >= 0.6 is 22.9 Å². The van der Waals surface area contributed by atoms with E-state index in [1.54, 1.807) is 0 Å². The molecular formula is C14H13ClN2O3S. The van der Waals surface area contributed by atoms with Crippen LogP contribution in [0.4, 0.5) is 5.69 Å². The number of halogens is 1. The van der Waals surface area contributed by atoms with Crippen LogP contribution in [0.1, 0.15) is 20.8 Å². The molecule has 110 valence electrons. The molecule has 1 N–H and O–H groups in total. The van der Waals surface area contributed by atoms with Crippen molar-refractivity contribution in [3.05, 3.63) is 60.8 Å². The van der Waals surface area contributed by atoms with E-state index in [9.17, 15) is 14.9 Å². The maximum atomic E-state index is 11.9. The lowest BCUT2D eigenvalue weighted by atomic mass is 10.1. The molecule has 0 bridgehead atoms. The lowest BCUT2D eigenvalue weighted by molar-refractivity contribution is -0.384. The van der Waals surface area contributed by atoms with Crippen molar-refractivity contribution in [2.75, 3.05) is 6.54 Å². The van der Waals surface area contributed by atoms with Crippen molar-refractivity contribution < 1.29 is 9.72 Å². The largest absolute Gasteiger partial charge is 0.351 e. The Bertz CT molecular complexity index is 685. The molecule has 2 aromatic rings. The molecule has 2 rings (SSSR count). The molecule has 1 aromatic carbocycles. The number of amides is 1. The maximum absolute atomic E-state index is 11.9. The summed E-state index contributed by atoms with van der Waals surface area (Å²) >= 11 is 6.64. The van der Waals surface area contributed by atoms with Crippen LogP contribution in [0.2, 0.25) is 4.34 Å². The van der Waals surface area contributed by atoms with Gasteiger partial charge in [-0.15, -0.1) is 11.3 Å². The zero-order valence-corrected chi connectivity index (χ0v) is 12.8. The van der Waals surface area contributed by atoms with Gasteiger partial charge < -0.3 is 5.32 Å². The predicted molar refractivity (Wildman–Crippen MR) is 83.2 cm³/mol. The molecule has 1 amide bonds. The molecule has 0 fully saturated rings. The highest BCUT2D eigenvalue weighted by molar-refractivity contribution is 7.18. The van der Waals surface area contributed by atoms with E-state index >= 15 is 0 Å². The Hall–Kier alpha value is -1.92. The summed E-state index contributed by atoms with van der Waals surface area (Å²) in [7, 11) is 0. The Morgan fingerprint density at radius 2 is 2.14 bits per heavy atom. The number of nitrogens with one attached hydrogen (secondary N) is 1. The van der Waals surface area contributed by atoms with Crippen LogP contribution in [0.5, 0.6) is 0 Å². The van der Waals surface area contributed by atoms with E-state index in [0.717, 1.165) is 16.9 Å². The van der Waals surface area contributed by atoms with Crippen molar-refractivity contribution >= 4 is 34.5 Å². The lowest BCUT2D eigenvalue weighted by Gasteiger charge is -2.06. The van der Waals surface area contributed by atoms with Gasteiger partial charge in [0.2, 0.25) is 0 Å². The summed E-state index contributed by atoms with van der Waals surface area (Å²) in [5.74, 6) is -0.344. The third-order valence-corrected chi connectivity index (χ3v) is 4.37. The third kappa shape index (κ3) is 3.80. The number of nitrogens with zero attached hydrogens (tertiary/aromatic N) is 1. The SMILES string of the molecule is Cc1ccccc1CCNC(=O)c1cc([N+](=O)[O-])c(Cl)s1. The molecule has 0 spiro atoms. The molecule has 21 heavy (non-hydrogen) atoms. The fraction of sp³-hybridized carbons (Fsp3) is 0.214. The van der Waals surface area contributed by atoms with Crippen molar-refractivity contribution in [1.82, 2.24) is 5.32 Å². The molecule has 5 nitrogen and oxygen atoms in total. The summed E-state index contributed by atoms with van der Waals surface area (Å²) in [5, 5.41) is 13.4. The minimum atomic E-state index is -0.594. The van der Waals surface area contributed by atoms with Crippen LogP contribution < -0.4 is 5.32 Å². The Kier molecular flexibility index (Phi) is 4.93. The predicted octanol–water partition coefficient (Wildman–Crippen LogP) is 3.59. The molecule has 0 unspecified atom stereocenters. The second-order valence-corrected chi connectivity index (χ2v) is 6.11. The number of benzene rings is 1. The lowest BCUT2D eigenvalue weighted by Crippen LogP contribution is -2.25. The van der Waals surface area contributed by atoms with Gasteiger partial charge in [0, 0.05) is 12.6 Å². The quantitative estimate of drug-likeness (QED) is 0.674. The maximum Gasteiger partial charge on any atom is 0.299 e. The van der Waals surface area contributed by atoms with Gasteiger partial charge in [-0.25, -0.2) is 0 Å². The van der Waals surface area contributed by atoms with Crippen LogP contribution in [-0.4, -0.2) is 17.4 Å². The molecular weight excluding hydrogens is 312 g/mol. The highest BCUT2D eigenvalue weighted by atomic mass is 35.5. The second kappa shape index (κ2) is 6.69. The van der Waals surface area contributed by atoms with E-state index in [-0.39, 0.29) is 20.8 Å². The third-order valence-electron chi connectivity index (χ3n) is 3.03. The Morgan fingerprint density at radius 3 is 2.76 bits per heavy atom. The Labute approximate surface area is 130 Å². The fourth-order valence-corrected chi connectivity index (χ4v) is 3.02. The van der Waals surface area contributed by atoms with Gasteiger partial charge in [-0.05, 0) is 24.5 Å². The van der Waals surface area contributed by atoms with Gasteiger partial charge >= 0.3 is 0 Å². The molecule has 0 saturated carbocycles. The van der Waals surface area contributed by atoms with E-state index in [0.29, 0.717) is 13.0 Å². The smallest absolute Gasteiger partial charge is 0.299 e. The molecule has 1 aromatic heterocycles. The number of hydrogen-bond acceptors (Lipinski definition) is 4. The molecule has 0 radical (unpaired) electrons. The number of rotatable bonds is 5. The molecule has 1 heterocycles. The summed E-state index contributed by atoms with van der Waals surface area (Å²) < 4.78 is 0.0176. The van der Waals surface area contributed by atoms with E-state index < -0.39 is 4.92 Å². The molecule has 0 aliphatic heterocycles. The van der Waals surface area contributed by atoms with Gasteiger partial charge in [0.1, 0.15) is 4.88 Å². The highest BCUT2D eigenvalue weighted by Crippen LogP contribution is 2.33. The normalized spacial score (nSPS) is 10.4. The van der Waals surface area contributed by atoms with Gasteiger partial charge in [0.05, 0.1) is 4.92 Å². The topological polar surface area (TPSA) is 72.2 Å². The van der Waals surface area contributed by atoms with Crippen molar-refractivity contribution in [2.24, 2.45) is 0 Å². The number of carbonyl (C=O) groups excluding carboxylic acids is 1. The van der Waals surface area contributed by atoms with Gasteiger partial charge in [0.25, 0.3) is 11.6 Å². The summed E-state index contributed by atoms with van der Waals surface area (Å²) in [6.45, 7) is 2.48. The molecule has 0 saturated heterocycles. The molecule has 0 atom stereocenters. The first kappa shape index (κ1) is 15.5. The highest BCUT2D eigenvalue weighted by Gasteiger charge is 2.20. The van der Waals surface area contributed by atoms with Gasteiger partial charge in [-0.1, -0.05) is 35.9 Å². The van der Waals surface area contributed by atoms with Gasteiger partial charge in [-0.2, -0.15) is 0 Å². The second-order valence-electron chi connectivity index (χ2n) is 4.46. The average Bonchev–Trinajstić information content (AvgIpc) is 2.83. The van der Waals surface area contributed by atoms with Crippen LogP contribution in [-0.2, 0) is 6.42 Å². The van der Waals surface area contributed by atoms with Crippen LogP contribution in [0.15, 0.2) is 30.3 Å². The summed E-state index contributed by atoms with van der Waals surface area (Å²) in [4.78, 5) is 22.3. The van der Waals surface area contributed by atoms with E-state index in [4.69, 9.17) is 11.6 Å². The minimum absolute atomic E-state index is 0.0176. The zero-order chi connectivity index (χ0) is 15.4. The van der Waals surface area contributed by atoms with E-state index in [1.807, 2.05) is 31.2 Å². The van der Waals surface area contributed by atoms with E-state index in [1.165, 1.54) is 11.6 Å². The van der Waals surface area contributed by atoms with Gasteiger partial charge in [-0.3, -0.25) is 14.9 Å². The average molecular weight is 325 g/mol. The standard InChI is InChI=1S/C14H13ClN2O3S/c1-9-4-2-3-5-10(9)6-7-16-14(18)12-8-11(17(19)20)13(15)21-12/h2-5,8H,6-7H2,1H3,(H,16,18). The van der Waals surface area contributed by atoms with Crippen molar-refractivity contribution in [1.29, 1.82) is 0 Å². The minimum Gasteiger partial charge on any atom is -0.351 e. The molecule has 0 aliphatic rings. The fourth-order valence-electron chi connectivity index (χ4n) is 1.88. The van der Waals surface area contributed by atoms with Crippen LogP contribution in [0, 0.1) is 17.0 Å². The molecule has 7 heteroatoms. The first-order chi connectivity index (χ1) is 9.99.